The minimum absolute atomic E-state index is 0.187. The molecule has 0 unspecified atom stereocenters. The van der Waals surface area contributed by atoms with Crippen molar-refractivity contribution in [3.8, 4) is 0 Å². The Balaban J connectivity index is 3.09. The van der Waals surface area contributed by atoms with Crippen LogP contribution in [-0.4, -0.2) is 19.2 Å². The number of hydrogen-bond donors (Lipinski definition) is 0. The zero-order valence-corrected chi connectivity index (χ0v) is 7.18. The Kier molecular flexibility index (Phi) is 2.65. The van der Waals surface area contributed by atoms with Gasteiger partial charge in [0.2, 0.25) is 0 Å². The highest BCUT2D eigenvalue weighted by molar-refractivity contribution is 6.74. The molecule has 1 rings (SSSR count). The lowest BCUT2D eigenvalue weighted by atomic mass is 9.78. The Hall–Kier alpha value is -0.975. The van der Waals surface area contributed by atoms with Crippen LogP contribution in [0.15, 0.2) is 4.52 Å². The highest BCUT2D eigenvalue weighted by Gasteiger charge is 2.33. The minimum atomic E-state index is -5.07. The van der Waals surface area contributed by atoms with Gasteiger partial charge < -0.3 is 22.2 Å². The zero-order chi connectivity index (χ0) is 10.1. The highest BCUT2D eigenvalue weighted by atomic mass is 19.4. The lowest BCUT2D eigenvalue weighted by molar-refractivity contribution is 0.177. The number of halogens is 3. The maximum Gasteiger partial charge on any atom is 0.515 e. The molecule has 0 atom stereocenters. The molecule has 0 amide bonds. The summed E-state index contributed by atoms with van der Waals surface area (Å²) < 4.78 is 46.1. The van der Waals surface area contributed by atoms with E-state index in [-0.39, 0.29) is 18.1 Å². The molecule has 3 nitrogen and oxygen atoms in total. The second-order valence-corrected chi connectivity index (χ2v) is 2.61. The van der Waals surface area contributed by atoms with Crippen molar-refractivity contribution in [2.75, 3.05) is 7.11 Å². The Bertz CT molecular complexity index is 297. The van der Waals surface area contributed by atoms with Crippen LogP contribution >= 0.6 is 0 Å². The average Bonchev–Trinajstić information content (AvgIpc) is 2.31. The van der Waals surface area contributed by atoms with Crippen LogP contribution in [-0.2, 0) is 11.3 Å². The largest absolute Gasteiger partial charge is 0.515 e. The standard InChI is InChI=1S/C6H8BF3NO2/c1-4-6(7(8,9)10)5(3-12-2)11-13-4/h3H2,1-2H3/q-1. The van der Waals surface area contributed by atoms with Crippen LogP contribution in [0.2, 0.25) is 0 Å². The van der Waals surface area contributed by atoms with E-state index in [2.05, 4.69) is 14.4 Å². The predicted molar refractivity (Wildman–Crippen MR) is 40.7 cm³/mol. The van der Waals surface area contributed by atoms with Gasteiger partial charge in [-0.15, -0.1) is 0 Å². The number of hydrogen-bond acceptors (Lipinski definition) is 3. The van der Waals surface area contributed by atoms with Crippen molar-refractivity contribution in [3.63, 3.8) is 0 Å². The number of ether oxygens (including phenoxy) is 1. The lowest BCUT2D eigenvalue weighted by Gasteiger charge is -2.13. The first-order valence-electron chi connectivity index (χ1n) is 3.60. The normalized spacial score (nSPS) is 12.1. The van der Waals surface area contributed by atoms with Gasteiger partial charge in [-0.25, -0.2) is 0 Å². The van der Waals surface area contributed by atoms with Crippen LogP contribution in [0.3, 0.4) is 0 Å². The van der Waals surface area contributed by atoms with E-state index in [4.69, 9.17) is 0 Å². The molecular formula is C6H8BF3NO2-. The summed E-state index contributed by atoms with van der Waals surface area (Å²) in [6.07, 6.45) is 0. The van der Waals surface area contributed by atoms with E-state index in [1.54, 1.807) is 0 Å². The fraction of sp³-hybridized carbons (Fsp3) is 0.500. The fourth-order valence-corrected chi connectivity index (χ4v) is 1.09. The summed E-state index contributed by atoms with van der Waals surface area (Å²) in [5.41, 5.74) is -0.964. The summed E-state index contributed by atoms with van der Waals surface area (Å²) in [6, 6.07) is 0. The van der Waals surface area contributed by atoms with Gasteiger partial charge in [0.05, 0.1) is 12.3 Å². The molecule has 0 bridgehead atoms. The van der Waals surface area contributed by atoms with Gasteiger partial charge in [0.15, 0.2) is 0 Å². The van der Waals surface area contributed by atoms with Crippen molar-refractivity contribution in [3.05, 3.63) is 11.5 Å². The molecule has 0 fully saturated rings. The zero-order valence-electron chi connectivity index (χ0n) is 7.18. The van der Waals surface area contributed by atoms with E-state index in [9.17, 15) is 12.9 Å². The minimum Gasteiger partial charge on any atom is -0.445 e. The van der Waals surface area contributed by atoms with Crippen LogP contribution < -0.4 is 5.46 Å². The van der Waals surface area contributed by atoms with Gasteiger partial charge in [0.25, 0.3) is 0 Å². The number of nitrogens with zero attached hydrogens (tertiary/aromatic N) is 1. The molecule has 1 aromatic rings. The van der Waals surface area contributed by atoms with Gasteiger partial charge >= 0.3 is 6.98 Å². The molecule has 0 aliphatic rings. The number of rotatable bonds is 3. The van der Waals surface area contributed by atoms with Gasteiger partial charge in [-0.1, -0.05) is 5.16 Å². The average molecular weight is 194 g/mol. The Labute approximate surface area is 72.9 Å². The van der Waals surface area contributed by atoms with Crippen LogP contribution in [0.1, 0.15) is 11.5 Å². The molecule has 0 saturated carbocycles. The van der Waals surface area contributed by atoms with Crippen molar-refractivity contribution >= 4 is 12.4 Å². The second-order valence-electron chi connectivity index (χ2n) is 2.61. The van der Waals surface area contributed by atoms with E-state index in [0.29, 0.717) is 0 Å². The van der Waals surface area contributed by atoms with E-state index in [0.717, 1.165) is 0 Å². The van der Waals surface area contributed by atoms with Gasteiger partial charge in [0, 0.05) is 7.11 Å². The van der Waals surface area contributed by atoms with Crippen LogP contribution in [0.25, 0.3) is 0 Å². The fourth-order valence-electron chi connectivity index (χ4n) is 1.09. The molecule has 1 aromatic heterocycles. The molecule has 0 N–H and O–H groups in total. The summed E-state index contributed by atoms with van der Waals surface area (Å²) in [7, 11) is 1.30. The molecule has 7 heteroatoms. The van der Waals surface area contributed by atoms with Crippen molar-refractivity contribution in [1.29, 1.82) is 0 Å². The molecular weight excluding hydrogens is 186 g/mol. The van der Waals surface area contributed by atoms with Gasteiger partial charge in [-0.05, 0) is 12.4 Å². The van der Waals surface area contributed by atoms with Gasteiger partial charge in [-0.3, -0.25) is 0 Å². The lowest BCUT2D eigenvalue weighted by Crippen LogP contribution is -2.37. The van der Waals surface area contributed by atoms with E-state index < -0.39 is 12.4 Å². The monoisotopic (exact) mass is 194 g/mol. The van der Waals surface area contributed by atoms with Crippen LogP contribution in [0, 0.1) is 6.92 Å². The van der Waals surface area contributed by atoms with Crippen LogP contribution in [0.5, 0.6) is 0 Å². The molecule has 0 aliphatic carbocycles. The molecule has 0 aromatic carbocycles. The third-order valence-corrected chi connectivity index (χ3v) is 1.59. The van der Waals surface area contributed by atoms with Crippen molar-refractivity contribution in [2.45, 2.75) is 13.5 Å². The third-order valence-electron chi connectivity index (χ3n) is 1.59. The van der Waals surface area contributed by atoms with Crippen molar-refractivity contribution in [2.24, 2.45) is 0 Å². The number of aromatic nitrogens is 1. The summed E-state index contributed by atoms with van der Waals surface area (Å²) >= 11 is 0. The van der Waals surface area contributed by atoms with Crippen LogP contribution in [0.4, 0.5) is 12.9 Å². The Morgan fingerprint density at radius 1 is 1.46 bits per heavy atom. The first-order chi connectivity index (χ1) is 5.96. The first kappa shape index (κ1) is 10.1. The molecule has 1 heterocycles. The topological polar surface area (TPSA) is 35.3 Å². The van der Waals surface area contributed by atoms with E-state index >= 15 is 0 Å². The molecule has 74 valence electrons. The highest BCUT2D eigenvalue weighted by Crippen LogP contribution is 2.14. The molecule has 0 radical (unpaired) electrons. The Morgan fingerprint density at radius 2 is 2.08 bits per heavy atom. The van der Waals surface area contributed by atoms with E-state index in [1.165, 1.54) is 14.0 Å². The predicted octanol–water partition coefficient (Wildman–Crippen LogP) is 1.18. The SMILES string of the molecule is COCc1noc(C)c1[B-](F)(F)F. The van der Waals surface area contributed by atoms with Gasteiger partial charge in [-0.2, -0.15) is 0 Å². The molecule has 13 heavy (non-hydrogen) atoms. The van der Waals surface area contributed by atoms with Gasteiger partial charge in [0.1, 0.15) is 5.76 Å². The summed E-state index contributed by atoms with van der Waals surface area (Å²) in [5.74, 6) is -0.209. The Morgan fingerprint density at radius 3 is 2.54 bits per heavy atom. The summed E-state index contributed by atoms with van der Waals surface area (Å²) in [4.78, 5) is 0. The molecule has 0 aliphatic heterocycles. The van der Waals surface area contributed by atoms with Crippen molar-refractivity contribution < 1.29 is 22.2 Å². The quantitative estimate of drug-likeness (QED) is 0.677. The summed E-state index contributed by atoms with van der Waals surface area (Å²) in [5, 5.41) is 3.27. The van der Waals surface area contributed by atoms with Crippen molar-refractivity contribution in [1.82, 2.24) is 5.16 Å². The molecule has 0 spiro atoms. The first-order valence-corrected chi connectivity index (χ1v) is 3.60. The molecule has 0 saturated heterocycles. The summed E-state index contributed by atoms with van der Waals surface area (Å²) in [6.45, 7) is -4.02. The second kappa shape index (κ2) is 3.41. The smallest absolute Gasteiger partial charge is 0.445 e. The maximum absolute atomic E-state index is 12.4. The maximum atomic E-state index is 12.4. The van der Waals surface area contributed by atoms with E-state index in [1.807, 2.05) is 0 Å². The third kappa shape index (κ3) is 2.03. The number of aryl methyl sites for hydroxylation is 1. The number of methoxy groups -OCH3 is 1.